The van der Waals surface area contributed by atoms with Crippen LogP contribution in [0.5, 0.6) is 0 Å². The molecular formula is C16H16N4. The topological polar surface area (TPSA) is 64.7 Å². The van der Waals surface area contributed by atoms with Crippen LogP contribution in [-0.4, -0.2) is 15.0 Å². The minimum absolute atomic E-state index is 0.217. The Labute approximate surface area is 117 Å². The number of hydrogen-bond acceptors (Lipinski definition) is 4. The van der Waals surface area contributed by atoms with Crippen LogP contribution in [0.15, 0.2) is 42.5 Å². The molecule has 1 aromatic heterocycles. The minimum Gasteiger partial charge on any atom is -0.368 e. The molecule has 0 aliphatic carbocycles. The fourth-order valence-corrected chi connectivity index (χ4v) is 2.21. The van der Waals surface area contributed by atoms with Gasteiger partial charge in [-0.05, 0) is 10.8 Å². The van der Waals surface area contributed by atoms with E-state index in [4.69, 9.17) is 5.73 Å². The number of nitrogens with two attached hydrogens (primary N) is 1. The highest BCUT2D eigenvalue weighted by molar-refractivity contribution is 5.95. The highest BCUT2D eigenvalue weighted by Gasteiger charge is 2.11. The largest absolute Gasteiger partial charge is 0.368 e. The van der Waals surface area contributed by atoms with Crippen LogP contribution >= 0.6 is 0 Å². The van der Waals surface area contributed by atoms with Gasteiger partial charge < -0.3 is 5.73 Å². The molecule has 4 nitrogen and oxygen atoms in total. The average molecular weight is 264 g/mol. The van der Waals surface area contributed by atoms with Crippen LogP contribution in [0.2, 0.25) is 0 Å². The lowest BCUT2D eigenvalue weighted by Gasteiger charge is -2.09. The lowest BCUT2D eigenvalue weighted by Crippen LogP contribution is -2.06. The molecule has 2 N–H and O–H groups in total. The molecule has 4 heteroatoms. The molecule has 0 amide bonds. The fraction of sp³-hybridized carbons (Fsp3) is 0.188. The van der Waals surface area contributed by atoms with E-state index >= 15 is 0 Å². The molecule has 3 rings (SSSR count). The van der Waals surface area contributed by atoms with Crippen molar-refractivity contribution in [3.8, 4) is 11.4 Å². The van der Waals surface area contributed by atoms with Crippen LogP contribution in [0, 0.1) is 0 Å². The third-order valence-corrected chi connectivity index (χ3v) is 3.22. The summed E-state index contributed by atoms with van der Waals surface area (Å²) in [6, 6.07) is 14.3. The first kappa shape index (κ1) is 12.5. The SMILES string of the molecule is CC(C)c1nc(N)nc(-c2cccc3ccccc23)n1. The number of benzene rings is 2. The number of rotatable bonds is 2. The Kier molecular flexibility index (Phi) is 3.06. The zero-order valence-corrected chi connectivity index (χ0v) is 11.5. The molecule has 0 saturated carbocycles. The highest BCUT2D eigenvalue weighted by Crippen LogP contribution is 2.27. The molecule has 0 fully saturated rings. The molecule has 2 aromatic carbocycles. The summed E-state index contributed by atoms with van der Waals surface area (Å²) < 4.78 is 0. The molecule has 0 atom stereocenters. The van der Waals surface area contributed by atoms with Gasteiger partial charge in [0.25, 0.3) is 0 Å². The fourth-order valence-electron chi connectivity index (χ4n) is 2.21. The van der Waals surface area contributed by atoms with Crippen molar-refractivity contribution < 1.29 is 0 Å². The quantitative estimate of drug-likeness (QED) is 0.770. The molecule has 1 heterocycles. The average Bonchev–Trinajstić information content (AvgIpc) is 2.46. The minimum atomic E-state index is 0.217. The second-order valence-corrected chi connectivity index (χ2v) is 5.06. The molecule has 3 aromatic rings. The summed E-state index contributed by atoms with van der Waals surface area (Å²) in [5, 5.41) is 2.28. The van der Waals surface area contributed by atoms with Crippen molar-refractivity contribution in [2.75, 3.05) is 5.73 Å². The van der Waals surface area contributed by atoms with E-state index in [0.29, 0.717) is 5.82 Å². The van der Waals surface area contributed by atoms with Crippen LogP contribution in [0.1, 0.15) is 25.6 Å². The van der Waals surface area contributed by atoms with E-state index < -0.39 is 0 Å². The predicted molar refractivity (Wildman–Crippen MR) is 81.3 cm³/mol. The lowest BCUT2D eigenvalue weighted by molar-refractivity contribution is 0.767. The van der Waals surface area contributed by atoms with Crippen LogP contribution < -0.4 is 5.73 Å². The standard InChI is InChI=1S/C16H16N4/c1-10(2)14-18-15(20-16(17)19-14)13-9-5-7-11-6-3-4-8-12(11)13/h3-10H,1-2H3,(H2,17,18,19,20). The Morgan fingerprint density at radius 1 is 0.900 bits per heavy atom. The van der Waals surface area contributed by atoms with Crippen LogP contribution in [0.4, 0.5) is 5.95 Å². The maximum Gasteiger partial charge on any atom is 0.223 e. The van der Waals surface area contributed by atoms with Gasteiger partial charge in [0.1, 0.15) is 5.82 Å². The molecule has 0 radical (unpaired) electrons. The Hall–Kier alpha value is -2.49. The van der Waals surface area contributed by atoms with Crippen LogP contribution in [-0.2, 0) is 0 Å². The summed E-state index contributed by atoms with van der Waals surface area (Å²) in [5.41, 5.74) is 6.80. The van der Waals surface area contributed by atoms with Gasteiger partial charge >= 0.3 is 0 Å². The molecule has 0 saturated heterocycles. The maximum absolute atomic E-state index is 5.82. The first-order valence-corrected chi connectivity index (χ1v) is 6.65. The van der Waals surface area contributed by atoms with Crippen molar-refractivity contribution in [3.63, 3.8) is 0 Å². The molecular weight excluding hydrogens is 248 g/mol. The summed E-state index contributed by atoms with van der Waals surface area (Å²) in [4.78, 5) is 13.0. The van der Waals surface area contributed by atoms with E-state index in [9.17, 15) is 0 Å². The number of nitrogens with zero attached hydrogens (tertiary/aromatic N) is 3. The Balaban J connectivity index is 2.25. The molecule has 0 bridgehead atoms. The zero-order chi connectivity index (χ0) is 14.1. The van der Waals surface area contributed by atoms with Crippen molar-refractivity contribution in [2.45, 2.75) is 19.8 Å². The molecule has 20 heavy (non-hydrogen) atoms. The van der Waals surface area contributed by atoms with Gasteiger partial charge in [-0.2, -0.15) is 9.97 Å². The number of anilines is 1. The molecule has 100 valence electrons. The van der Waals surface area contributed by atoms with Gasteiger partial charge in [0, 0.05) is 11.5 Å². The summed E-state index contributed by atoms with van der Waals surface area (Å²) in [5.74, 6) is 1.85. The van der Waals surface area contributed by atoms with Crippen molar-refractivity contribution in [3.05, 3.63) is 48.3 Å². The third-order valence-electron chi connectivity index (χ3n) is 3.22. The van der Waals surface area contributed by atoms with Crippen molar-refractivity contribution in [1.82, 2.24) is 15.0 Å². The van der Waals surface area contributed by atoms with Gasteiger partial charge in [0.15, 0.2) is 5.82 Å². The van der Waals surface area contributed by atoms with Crippen LogP contribution in [0.3, 0.4) is 0 Å². The van der Waals surface area contributed by atoms with E-state index in [-0.39, 0.29) is 11.9 Å². The van der Waals surface area contributed by atoms with E-state index in [1.165, 1.54) is 0 Å². The first-order chi connectivity index (χ1) is 9.65. The van der Waals surface area contributed by atoms with Crippen molar-refractivity contribution in [1.29, 1.82) is 0 Å². The summed E-state index contributed by atoms with van der Waals surface area (Å²) in [7, 11) is 0. The van der Waals surface area contributed by atoms with Crippen molar-refractivity contribution in [2.24, 2.45) is 0 Å². The first-order valence-electron chi connectivity index (χ1n) is 6.65. The van der Waals surface area contributed by atoms with Gasteiger partial charge in [0.05, 0.1) is 0 Å². The number of aromatic nitrogens is 3. The number of fused-ring (bicyclic) bond motifs is 1. The summed E-state index contributed by atoms with van der Waals surface area (Å²) in [6.07, 6.45) is 0. The Bertz CT molecular complexity index is 760. The molecule has 0 spiro atoms. The van der Waals surface area contributed by atoms with Gasteiger partial charge in [0.2, 0.25) is 5.95 Å². The van der Waals surface area contributed by atoms with E-state index in [1.54, 1.807) is 0 Å². The molecule has 0 unspecified atom stereocenters. The predicted octanol–water partition coefficient (Wildman–Crippen LogP) is 3.40. The Morgan fingerprint density at radius 3 is 2.45 bits per heavy atom. The zero-order valence-electron chi connectivity index (χ0n) is 11.5. The number of nitrogen functional groups attached to an aromatic ring is 1. The van der Waals surface area contributed by atoms with E-state index in [2.05, 4.69) is 33.2 Å². The highest BCUT2D eigenvalue weighted by atomic mass is 15.1. The summed E-state index contributed by atoms with van der Waals surface area (Å²) >= 11 is 0. The monoisotopic (exact) mass is 264 g/mol. The van der Waals surface area contributed by atoms with Gasteiger partial charge in [-0.1, -0.05) is 56.3 Å². The normalized spacial score (nSPS) is 11.2. The molecule has 0 aliphatic rings. The lowest BCUT2D eigenvalue weighted by atomic mass is 10.0. The van der Waals surface area contributed by atoms with Gasteiger partial charge in [-0.15, -0.1) is 0 Å². The Morgan fingerprint density at radius 2 is 1.65 bits per heavy atom. The molecule has 0 aliphatic heterocycles. The van der Waals surface area contributed by atoms with Gasteiger partial charge in [-0.3, -0.25) is 0 Å². The van der Waals surface area contributed by atoms with Gasteiger partial charge in [-0.25, -0.2) is 4.98 Å². The van der Waals surface area contributed by atoms with Crippen molar-refractivity contribution >= 4 is 16.7 Å². The smallest absolute Gasteiger partial charge is 0.223 e. The third kappa shape index (κ3) is 2.20. The van der Waals surface area contributed by atoms with E-state index in [1.807, 2.05) is 38.1 Å². The second kappa shape index (κ2) is 4.89. The maximum atomic E-state index is 5.82. The van der Waals surface area contributed by atoms with E-state index in [0.717, 1.165) is 22.2 Å². The summed E-state index contributed by atoms with van der Waals surface area (Å²) in [6.45, 7) is 4.09. The number of hydrogen-bond donors (Lipinski definition) is 1. The second-order valence-electron chi connectivity index (χ2n) is 5.06. The van der Waals surface area contributed by atoms with Crippen LogP contribution in [0.25, 0.3) is 22.2 Å².